The van der Waals surface area contributed by atoms with Crippen LogP contribution in [0.25, 0.3) is 0 Å². The first kappa shape index (κ1) is 13.3. The van der Waals surface area contributed by atoms with Gasteiger partial charge in [-0.25, -0.2) is 0 Å². The number of rotatable bonds is 3. The molecule has 1 atom stereocenters. The molecule has 1 unspecified atom stereocenters. The van der Waals surface area contributed by atoms with Crippen LogP contribution in [0.5, 0.6) is 0 Å². The van der Waals surface area contributed by atoms with Crippen LogP contribution in [-0.4, -0.2) is 49.4 Å². The summed E-state index contributed by atoms with van der Waals surface area (Å²) in [6.07, 6.45) is 4.15. The highest BCUT2D eigenvalue weighted by Gasteiger charge is 2.25. The second kappa shape index (κ2) is 6.18. The van der Waals surface area contributed by atoms with Crippen LogP contribution in [0.4, 0.5) is 0 Å². The minimum Gasteiger partial charge on any atom is -0.352 e. The fraction of sp³-hybridized carbons (Fsp3) is 0.846. The van der Waals surface area contributed by atoms with Gasteiger partial charge in [-0.3, -0.25) is 9.59 Å². The van der Waals surface area contributed by atoms with Gasteiger partial charge in [0.2, 0.25) is 11.8 Å². The molecule has 0 spiro atoms. The largest absolute Gasteiger partial charge is 0.352 e. The van der Waals surface area contributed by atoms with Crippen LogP contribution in [0.1, 0.15) is 32.1 Å². The molecule has 0 aromatic rings. The van der Waals surface area contributed by atoms with Crippen molar-refractivity contribution in [2.75, 3.05) is 26.7 Å². The van der Waals surface area contributed by atoms with E-state index in [9.17, 15) is 9.59 Å². The zero-order chi connectivity index (χ0) is 13.0. The van der Waals surface area contributed by atoms with Gasteiger partial charge in [0.25, 0.3) is 0 Å². The van der Waals surface area contributed by atoms with E-state index >= 15 is 0 Å². The molecular formula is C13H23N3O2. The Labute approximate surface area is 108 Å². The SMILES string of the molecule is CN1CC(NC(=O)CC2CCNCC2)CCC1=O. The number of nitrogens with zero attached hydrogens (tertiary/aromatic N) is 1. The van der Waals surface area contributed by atoms with Gasteiger partial charge in [0.05, 0.1) is 0 Å². The topological polar surface area (TPSA) is 61.4 Å². The molecule has 102 valence electrons. The van der Waals surface area contributed by atoms with Crippen LogP contribution in [0.2, 0.25) is 0 Å². The Kier molecular flexibility index (Phi) is 4.58. The number of hydrogen-bond donors (Lipinski definition) is 2. The molecule has 18 heavy (non-hydrogen) atoms. The predicted octanol–water partition coefficient (Wildman–Crippen LogP) is 0.113. The number of likely N-dealkylation sites (tertiary alicyclic amines) is 1. The van der Waals surface area contributed by atoms with Crippen molar-refractivity contribution in [3.63, 3.8) is 0 Å². The van der Waals surface area contributed by atoms with E-state index in [0.29, 0.717) is 25.3 Å². The number of carbonyl (C=O) groups is 2. The third-order valence-electron chi connectivity index (χ3n) is 3.92. The van der Waals surface area contributed by atoms with Gasteiger partial charge in [-0.2, -0.15) is 0 Å². The van der Waals surface area contributed by atoms with Gasteiger partial charge in [-0.1, -0.05) is 0 Å². The van der Waals surface area contributed by atoms with E-state index in [0.717, 1.165) is 32.4 Å². The molecule has 0 bridgehead atoms. The Morgan fingerprint density at radius 1 is 1.39 bits per heavy atom. The molecule has 0 aliphatic carbocycles. The van der Waals surface area contributed by atoms with E-state index in [1.807, 2.05) is 0 Å². The van der Waals surface area contributed by atoms with E-state index in [2.05, 4.69) is 10.6 Å². The van der Waals surface area contributed by atoms with Crippen LogP contribution in [-0.2, 0) is 9.59 Å². The van der Waals surface area contributed by atoms with Crippen LogP contribution in [0, 0.1) is 5.92 Å². The molecule has 0 aromatic carbocycles. The number of amides is 2. The van der Waals surface area contributed by atoms with Gasteiger partial charge in [0.15, 0.2) is 0 Å². The molecule has 0 radical (unpaired) electrons. The second-order valence-corrected chi connectivity index (χ2v) is 5.47. The van der Waals surface area contributed by atoms with E-state index < -0.39 is 0 Å². The molecule has 2 rings (SSSR count). The van der Waals surface area contributed by atoms with E-state index in [-0.39, 0.29) is 17.9 Å². The zero-order valence-corrected chi connectivity index (χ0v) is 11.1. The summed E-state index contributed by atoms with van der Waals surface area (Å²) in [5.41, 5.74) is 0. The summed E-state index contributed by atoms with van der Waals surface area (Å²) in [6.45, 7) is 2.70. The van der Waals surface area contributed by atoms with Crippen LogP contribution < -0.4 is 10.6 Å². The normalized spacial score (nSPS) is 26.2. The van der Waals surface area contributed by atoms with Crippen molar-refractivity contribution in [3.8, 4) is 0 Å². The Hall–Kier alpha value is -1.10. The summed E-state index contributed by atoms with van der Waals surface area (Å²) in [5.74, 6) is 0.850. The van der Waals surface area contributed by atoms with Gasteiger partial charge in [0, 0.05) is 32.5 Å². The highest BCUT2D eigenvalue weighted by Crippen LogP contribution is 2.16. The van der Waals surface area contributed by atoms with Crippen molar-refractivity contribution in [1.82, 2.24) is 15.5 Å². The lowest BCUT2D eigenvalue weighted by Crippen LogP contribution is -2.48. The predicted molar refractivity (Wildman–Crippen MR) is 69.0 cm³/mol. The highest BCUT2D eigenvalue weighted by molar-refractivity contribution is 5.79. The number of hydrogen-bond acceptors (Lipinski definition) is 3. The smallest absolute Gasteiger partial charge is 0.222 e. The third kappa shape index (κ3) is 3.70. The maximum Gasteiger partial charge on any atom is 0.222 e. The molecule has 2 heterocycles. The van der Waals surface area contributed by atoms with Crippen LogP contribution in [0.15, 0.2) is 0 Å². The van der Waals surface area contributed by atoms with Crippen LogP contribution >= 0.6 is 0 Å². The van der Waals surface area contributed by atoms with Gasteiger partial charge >= 0.3 is 0 Å². The lowest BCUT2D eigenvalue weighted by molar-refractivity contribution is -0.134. The van der Waals surface area contributed by atoms with Crippen molar-refractivity contribution < 1.29 is 9.59 Å². The van der Waals surface area contributed by atoms with Crippen molar-refractivity contribution in [3.05, 3.63) is 0 Å². The third-order valence-corrected chi connectivity index (χ3v) is 3.92. The molecule has 2 amide bonds. The lowest BCUT2D eigenvalue weighted by atomic mass is 9.94. The first-order valence-electron chi connectivity index (χ1n) is 6.89. The zero-order valence-electron chi connectivity index (χ0n) is 11.1. The maximum absolute atomic E-state index is 11.9. The Morgan fingerprint density at radius 3 is 2.78 bits per heavy atom. The molecule has 0 saturated carbocycles. The Morgan fingerprint density at radius 2 is 2.11 bits per heavy atom. The maximum atomic E-state index is 11.9. The first-order chi connectivity index (χ1) is 8.65. The molecule has 0 aromatic heterocycles. The summed E-state index contributed by atoms with van der Waals surface area (Å²) >= 11 is 0. The first-order valence-corrected chi connectivity index (χ1v) is 6.89. The van der Waals surface area contributed by atoms with E-state index in [1.165, 1.54) is 0 Å². The number of likely N-dealkylation sites (N-methyl/N-ethyl adjacent to an activating group) is 1. The lowest BCUT2D eigenvalue weighted by Gasteiger charge is -2.31. The molecule has 2 saturated heterocycles. The van der Waals surface area contributed by atoms with Crippen LogP contribution in [0.3, 0.4) is 0 Å². The highest BCUT2D eigenvalue weighted by atomic mass is 16.2. The summed E-state index contributed by atoms with van der Waals surface area (Å²) in [5, 5.41) is 6.37. The second-order valence-electron chi connectivity index (χ2n) is 5.47. The molecule has 2 fully saturated rings. The molecule has 2 N–H and O–H groups in total. The summed E-state index contributed by atoms with van der Waals surface area (Å²) in [7, 11) is 1.80. The molecule has 2 aliphatic rings. The molecular weight excluding hydrogens is 230 g/mol. The van der Waals surface area contributed by atoms with Gasteiger partial charge in [-0.15, -0.1) is 0 Å². The minimum absolute atomic E-state index is 0.141. The fourth-order valence-electron chi connectivity index (χ4n) is 2.76. The monoisotopic (exact) mass is 253 g/mol. The minimum atomic E-state index is 0.141. The van der Waals surface area contributed by atoms with E-state index in [4.69, 9.17) is 0 Å². The van der Waals surface area contributed by atoms with E-state index in [1.54, 1.807) is 11.9 Å². The summed E-state index contributed by atoms with van der Waals surface area (Å²) in [4.78, 5) is 25.0. The number of piperidine rings is 2. The van der Waals surface area contributed by atoms with Crippen molar-refractivity contribution in [1.29, 1.82) is 0 Å². The summed E-state index contributed by atoms with van der Waals surface area (Å²) < 4.78 is 0. The van der Waals surface area contributed by atoms with Crippen molar-refractivity contribution in [2.24, 2.45) is 5.92 Å². The molecule has 5 nitrogen and oxygen atoms in total. The van der Waals surface area contributed by atoms with Gasteiger partial charge < -0.3 is 15.5 Å². The Balaban J connectivity index is 1.72. The number of carbonyl (C=O) groups excluding carboxylic acids is 2. The summed E-state index contributed by atoms with van der Waals surface area (Å²) in [6, 6.07) is 0.141. The Bertz CT molecular complexity index is 313. The van der Waals surface area contributed by atoms with Gasteiger partial charge in [0.1, 0.15) is 0 Å². The van der Waals surface area contributed by atoms with Crippen molar-refractivity contribution in [2.45, 2.75) is 38.1 Å². The molecule has 5 heteroatoms. The number of nitrogens with one attached hydrogen (secondary N) is 2. The van der Waals surface area contributed by atoms with Gasteiger partial charge in [-0.05, 0) is 38.3 Å². The van der Waals surface area contributed by atoms with Crippen molar-refractivity contribution >= 4 is 11.8 Å². The average molecular weight is 253 g/mol. The standard InChI is InChI=1S/C13H23N3O2/c1-16-9-11(2-3-13(16)18)15-12(17)8-10-4-6-14-7-5-10/h10-11,14H,2-9H2,1H3,(H,15,17). The quantitative estimate of drug-likeness (QED) is 0.750. The fourth-order valence-corrected chi connectivity index (χ4v) is 2.76. The molecule has 2 aliphatic heterocycles. The average Bonchev–Trinajstić information content (AvgIpc) is 2.35.